The molecular formula is C16H23N3O3. The Morgan fingerprint density at radius 3 is 2.64 bits per heavy atom. The van der Waals surface area contributed by atoms with Crippen molar-refractivity contribution in [2.24, 2.45) is 0 Å². The molecule has 1 fully saturated rings. The van der Waals surface area contributed by atoms with Gasteiger partial charge in [0.2, 0.25) is 5.91 Å². The van der Waals surface area contributed by atoms with Crippen molar-refractivity contribution in [3.8, 4) is 5.75 Å². The molecule has 0 radical (unpaired) electrons. The van der Waals surface area contributed by atoms with Crippen molar-refractivity contribution in [2.75, 3.05) is 26.7 Å². The molecule has 0 aromatic heterocycles. The Kier molecular flexibility index (Phi) is 5.38. The number of benzene rings is 1. The fourth-order valence-corrected chi connectivity index (χ4v) is 2.38. The van der Waals surface area contributed by atoms with E-state index in [1.807, 2.05) is 50.1 Å². The third-order valence-electron chi connectivity index (χ3n) is 3.81. The number of nitrogens with one attached hydrogen (secondary N) is 1. The highest BCUT2D eigenvalue weighted by Gasteiger charge is 2.31. The van der Waals surface area contributed by atoms with Crippen LogP contribution in [-0.2, 0) is 11.3 Å². The third-order valence-corrected chi connectivity index (χ3v) is 3.81. The summed E-state index contributed by atoms with van der Waals surface area (Å²) in [6.07, 6.45) is 0. The number of carbonyl (C=O) groups is 2. The summed E-state index contributed by atoms with van der Waals surface area (Å²) in [5, 5.41) is 2.65. The number of ether oxygens (including phenoxy) is 1. The maximum absolute atomic E-state index is 12.3. The Balaban J connectivity index is 1.94. The highest BCUT2D eigenvalue weighted by molar-refractivity contribution is 5.98. The summed E-state index contributed by atoms with van der Waals surface area (Å²) >= 11 is 0. The summed E-state index contributed by atoms with van der Waals surface area (Å²) in [4.78, 5) is 27.1. The lowest BCUT2D eigenvalue weighted by atomic mass is 10.1. The fourth-order valence-electron chi connectivity index (χ4n) is 2.38. The molecule has 0 aliphatic carbocycles. The smallest absolute Gasteiger partial charge is 0.324 e. The second-order valence-electron chi connectivity index (χ2n) is 5.39. The molecule has 22 heavy (non-hydrogen) atoms. The highest BCUT2D eigenvalue weighted by atomic mass is 16.5. The van der Waals surface area contributed by atoms with E-state index in [4.69, 9.17) is 4.74 Å². The Labute approximate surface area is 131 Å². The Hall–Kier alpha value is -2.08. The van der Waals surface area contributed by atoms with Crippen molar-refractivity contribution in [2.45, 2.75) is 26.4 Å². The van der Waals surface area contributed by atoms with E-state index in [9.17, 15) is 9.59 Å². The Morgan fingerprint density at radius 1 is 1.41 bits per heavy atom. The average molecular weight is 305 g/mol. The molecule has 1 unspecified atom stereocenters. The van der Waals surface area contributed by atoms with Crippen LogP contribution in [0.4, 0.5) is 4.79 Å². The Bertz CT molecular complexity index is 530. The largest absolute Gasteiger partial charge is 0.494 e. The van der Waals surface area contributed by atoms with Crippen molar-refractivity contribution in [3.05, 3.63) is 29.8 Å². The lowest BCUT2D eigenvalue weighted by Crippen LogP contribution is -2.46. The predicted molar refractivity (Wildman–Crippen MR) is 83.7 cm³/mol. The number of likely N-dealkylation sites (N-methyl/N-ethyl adjacent to an activating group) is 1. The highest BCUT2D eigenvalue weighted by Crippen LogP contribution is 2.15. The molecule has 120 valence electrons. The van der Waals surface area contributed by atoms with Crippen LogP contribution in [0.3, 0.4) is 0 Å². The minimum atomic E-state index is -0.351. The Morgan fingerprint density at radius 2 is 2.09 bits per heavy atom. The lowest BCUT2D eigenvalue weighted by molar-refractivity contribution is -0.132. The van der Waals surface area contributed by atoms with Crippen LogP contribution in [0, 0.1) is 0 Å². The number of hydrogen-bond acceptors (Lipinski definition) is 4. The van der Waals surface area contributed by atoms with E-state index < -0.39 is 0 Å². The van der Waals surface area contributed by atoms with E-state index in [0.717, 1.165) is 11.3 Å². The van der Waals surface area contributed by atoms with Gasteiger partial charge in [-0.2, -0.15) is 0 Å². The minimum absolute atomic E-state index is 0.163. The van der Waals surface area contributed by atoms with Gasteiger partial charge >= 0.3 is 6.03 Å². The number of amides is 3. The predicted octanol–water partition coefficient (Wildman–Crippen LogP) is 1.46. The first kappa shape index (κ1) is 16.3. The van der Waals surface area contributed by atoms with Gasteiger partial charge < -0.3 is 10.1 Å². The van der Waals surface area contributed by atoms with E-state index in [-0.39, 0.29) is 18.0 Å². The van der Waals surface area contributed by atoms with Crippen molar-refractivity contribution >= 4 is 11.9 Å². The maximum atomic E-state index is 12.3. The van der Waals surface area contributed by atoms with E-state index >= 15 is 0 Å². The van der Waals surface area contributed by atoms with Gasteiger partial charge in [-0.15, -0.1) is 0 Å². The first-order valence-corrected chi connectivity index (χ1v) is 7.54. The summed E-state index contributed by atoms with van der Waals surface area (Å²) < 4.78 is 5.41. The maximum Gasteiger partial charge on any atom is 0.324 e. The standard InChI is InChI=1S/C16H23N3O3/c1-4-22-14-7-5-13(6-8-14)11-18(3)12(2)15(20)19-10-9-17-16(19)21/h5-8,12H,4,9-11H2,1-3H3,(H,17,21). The molecule has 2 rings (SSSR count). The minimum Gasteiger partial charge on any atom is -0.494 e. The molecule has 1 aliphatic heterocycles. The number of urea groups is 1. The van der Waals surface area contributed by atoms with Gasteiger partial charge in [-0.3, -0.25) is 14.6 Å². The molecule has 1 saturated heterocycles. The van der Waals surface area contributed by atoms with Crippen LogP contribution in [0.25, 0.3) is 0 Å². The van der Waals surface area contributed by atoms with Gasteiger partial charge in [-0.25, -0.2) is 4.79 Å². The number of imide groups is 1. The summed E-state index contributed by atoms with van der Waals surface area (Å²) in [6.45, 7) is 6.02. The van der Waals surface area contributed by atoms with Crippen LogP contribution >= 0.6 is 0 Å². The first-order chi connectivity index (χ1) is 10.5. The van der Waals surface area contributed by atoms with Crippen molar-refractivity contribution < 1.29 is 14.3 Å². The van der Waals surface area contributed by atoms with E-state index in [2.05, 4.69) is 5.32 Å². The van der Waals surface area contributed by atoms with Gasteiger partial charge in [0, 0.05) is 19.6 Å². The zero-order chi connectivity index (χ0) is 16.1. The summed E-state index contributed by atoms with van der Waals surface area (Å²) in [5.41, 5.74) is 1.09. The van der Waals surface area contributed by atoms with Crippen LogP contribution in [0.15, 0.2) is 24.3 Å². The quantitative estimate of drug-likeness (QED) is 0.864. The van der Waals surface area contributed by atoms with E-state index in [1.165, 1.54) is 4.90 Å². The molecule has 1 aromatic carbocycles. The van der Waals surface area contributed by atoms with Crippen molar-refractivity contribution in [1.29, 1.82) is 0 Å². The van der Waals surface area contributed by atoms with Gasteiger partial charge in [0.15, 0.2) is 0 Å². The van der Waals surface area contributed by atoms with Gasteiger partial charge in [0.25, 0.3) is 0 Å². The van der Waals surface area contributed by atoms with Crippen LogP contribution in [0.5, 0.6) is 5.75 Å². The zero-order valence-electron chi connectivity index (χ0n) is 13.3. The third kappa shape index (κ3) is 3.76. The molecular weight excluding hydrogens is 282 g/mol. The molecule has 1 N–H and O–H groups in total. The molecule has 1 aliphatic rings. The number of hydrogen-bond donors (Lipinski definition) is 1. The monoisotopic (exact) mass is 305 g/mol. The second kappa shape index (κ2) is 7.26. The molecule has 1 heterocycles. The van der Waals surface area contributed by atoms with Crippen molar-refractivity contribution in [1.82, 2.24) is 15.1 Å². The molecule has 0 bridgehead atoms. The SMILES string of the molecule is CCOc1ccc(CN(C)C(C)C(=O)N2CCNC2=O)cc1. The molecule has 6 nitrogen and oxygen atoms in total. The summed E-state index contributed by atoms with van der Waals surface area (Å²) in [7, 11) is 1.88. The van der Waals surface area contributed by atoms with Gasteiger partial charge in [-0.05, 0) is 38.6 Å². The number of nitrogens with zero attached hydrogens (tertiary/aromatic N) is 2. The number of rotatable bonds is 6. The van der Waals surface area contributed by atoms with Crippen LogP contribution in [0.1, 0.15) is 19.4 Å². The van der Waals surface area contributed by atoms with Gasteiger partial charge in [0.05, 0.1) is 12.6 Å². The average Bonchev–Trinajstić information content (AvgIpc) is 2.94. The molecule has 3 amide bonds. The van der Waals surface area contributed by atoms with Crippen molar-refractivity contribution in [3.63, 3.8) is 0 Å². The van der Waals surface area contributed by atoms with E-state index in [1.54, 1.807) is 0 Å². The normalized spacial score (nSPS) is 15.8. The van der Waals surface area contributed by atoms with Gasteiger partial charge in [0.1, 0.15) is 5.75 Å². The second-order valence-corrected chi connectivity index (χ2v) is 5.39. The zero-order valence-corrected chi connectivity index (χ0v) is 13.3. The van der Waals surface area contributed by atoms with Gasteiger partial charge in [-0.1, -0.05) is 12.1 Å². The molecule has 0 spiro atoms. The van der Waals surface area contributed by atoms with Crippen LogP contribution < -0.4 is 10.1 Å². The fraction of sp³-hybridized carbons (Fsp3) is 0.500. The molecule has 0 saturated carbocycles. The topological polar surface area (TPSA) is 61.9 Å². The lowest BCUT2D eigenvalue weighted by Gasteiger charge is -2.26. The molecule has 6 heteroatoms. The first-order valence-electron chi connectivity index (χ1n) is 7.54. The van der Waals surface area contributed by atoms with Crippen LogP contribution in [0.2, 0.25) is 0 Å². The molecule has 1 atom stereocenters. The summed E-state index contributed by atoms with van der Waals surface area (Å²) in [5.74, 6) is 0.676. The summed E-state index contributed by atoms with van der Waals surface area (Å²) in [6, 6.07) is 7.17. The molecule has 1 aromatic rings. The number of carbonyl (C=O) groups excluding carboxylic acids is 2. The van der Waals surface area contributed by atoms with Crippen LogP contribution in [-0.4, -0.2) is 54.5 Å². The van der Waals surface area contributed by atoms with E-state index in [0.29, 0.717) is 26.2 Å².